The number of hydrogen-bond acceptors (Lipinski definition) is 4. The molecule has 0 spiro atoms. The number of benzene rings is 2. The molecule has 2 aromatic carbocycles. The molecule has 182 valence electrons. The average Bonchev–Trinajstić information content (AvgIpc) is 3.14. The van der Waals surface area contributed by atoms with Gasteiger partial charge in [0.15, 0.2) is 0 Å². The number of nitrogens with zero attached hydrogens (tertiary/aromatic N) is 4. The summed E-state index contributed by atoms with van der Waals surface area (Å²) in [5, 5.41) is 1.17. The van der Waals surface area contributed by atoms with Crippen LogP contribution < -0.4 is 9.80 Å². The Morgan fingerprint density at radius 2 is 1.15 bits per heavy atom. The summed E-state index contributed by atoms with van der Waals surface area (Å²) in [4.78, 5) is 8.98. The molecule has 0 saturated carbocycles. The molecule has 4 nitrogen and oxygen atoms in total. The van der Waals surface area contributed by atoms with Crippen molar-refractivity contribution in [3.8, 4) is 0 Å². The summed E-state index contributed by atoms with van der Waals surface area (Å²) in [5.74, 6) is 0. The van der Waals surface area contributed by atoms with Crippen molar-refractivity contribution in [3.05, 3.63) is 79.4 Å². The zero-order chi connectivity index (χ0) is 24.9. The van der Waals surface area contributed by atoms with E-state index in [2.05, 4.69) is 99.5 Å². The standard InChI is InChI=1S/C28H36Cl2N4/c1-17-11-19(3)25(20(4)12-17)33-16-34(28(30)27(33)29)26-21(5)13-18(2)14-23(26)9-10-24-22(6)31(7)15-32(24)8/h11-14H,9-10,15-16H2,1-8H3. The molecule has 0 saturated heterocycles. The fourth-order valence-corrected chi connectivity index (χ4v) is 6.16. The lowest BCUT2D eigenvalue weighted by Gasteiger charge is -2.28. The Morgan fingerprint density at radius 3 is 1.68 bits per heavy atom. The van der Waals surface area contributed by atoms with E-state index in [9.17, 15) is 0 Å². The van der Waals surface area contributed by atoms with Gasteiger partial charge in [0.2, 0.25) is 0 Å². The van der Waals surface area contributed by atoms with Gasteiger partial charge in [0.1, 0.15) is 17.0 Å². The molecule has 0 aliphatic carbocycles. The predicted molar refractivity (Wildman–Crippen MR) is 147 cm³/mol. The van der Waals surface area contributed by atoms with Crippen molar-refractivity contribution in [2.45, 2.75) is 54.4 Å². The lowest BCUT2D eigenvalue weighted by atomic mass is 9.98. The molecule has 2 aromatic rings. The van der Waals surface area contributed by atoms with Crippen LogP contribution in [-0.2, 0) is 6.42 Å². The molecule has 0 atom stereocenters. The van der Waals surface area contributed by atoms with Crippen LogP contribution in [0, 0.1) is 34.6 Å². The van der Waals surface area contributed by atoms with Crippen LogP contribution in [0.25, 0.3) is 0 Å². The van der Waals surface area contributed by atoms with E-state index in [4.69, 9.17) is 23.2 Å². The second-order valence-electron chi connectivity index (χ2n) is 9.99. The van der Waals surface area contributed by atoms with Crippen LogP contribution in [0.2, 0.25) is 0 Å². The highest BCUT2D eigenvalue weighted by Crippen LogP contribution is 2.42. The molecule has 0 unspecified atom stereocenters. The maximum Gasteiger partial charge on any atom is 0.146 e. The lowest BCUT2D eigenvalue weighted by Crippen LogP contribution is -2.29. The summed E-state index contributed by atoms with van der Waals surface area (Å²) in [5.41, 5.74) is 12.5. The van der Waals surface area contributed by atoms with Crippen LogP contribution in [0.3, 0.4) is 0 Å². The first-order valence-electron chi connectivity index (χ1n) is 11.9. The highest BCUT2D eigenvalue weighted by Gasteiger charge is 2.33. The zero-order valence-electron chi connectivity index (χ0n) is 21.7. The molecule has 0 bridgehead atoms. The van der Waals surface area contributed by atoms with Crippen molar-refractivity contribution < 1.29 is 0 Å². The van der Waals surface area contributed by atoms with Gasteiger partial charge in [-0.15, -0.1) is 0 Å². The third-order valence-corrected chi connectivity index (χ3v) is 8.00. The normalized spacial score (nSPS) is 16.6. The average molecular weight is 500 g/mol. The molecule has 34 heavy (non-hydrogen) atoms. The number of rotatable bonds is 5. The lowest BCUT2D eigenvalue weighted by molar-refractivity contribution is 0.314. The number of halogens is 2. The molecule has 0 amide bonds. The van der Waals surface area contributed by atoms with Gasteiger partial charge in [-0.05, 0) is 76.6 Å². The number of hydrogen-bond donors (Lipinski definition) is 0. The third-order valence-electron chi connectivity index (χ3n) is 7.13. The van der Waals surface area contributed by atoms with Crippen molar-refractivity contribution in [1.29, 1.82) is 0 Å². The monoisotopic (exact) mass is 498 g/mol. The zero-order valence-corrected chi connectivity index (χ0v) is 23.2. The fourth-order valence-electron chi connectivity index (χ4n) is 5.68. The highest BCUT2D eigenvalue weighted by molar-refractivity contribution is 6.42. The van der Waals surface area contributed by atoms with Crippen LogP contribution in [0.4, 0.5) is 11.4 Å². The first-order chi connectivity index (χ1) is 16.0. The van der Waals surface area contributed by atoms with Crippen molar-refractivity contribution >= 4 is 34.6 Å². The number of aryl methyl sites for hydroxylation is 6. The van der Waals surface area contributed by atoms with Gasteiger partial charge in [-0.1, -0.05) is 58.6 Å². The molecule has 0 fully saturated rings. The Kier molecular flexibility index (Phi) is 6.85. The van der Waals surface area contributed by atoms with E-state index in [1.165, 1.54) is 50.5 Å². The molecule has 0 radical (unpaired) electrons. The van der Waals surface area contributed by atoms with Gasteiger partial charge < -0.3 is 19.6 Å². The van der Waals surface area contributed by atoms with Crippen LogP contribution in [0.5, 0.6) is 0 Å². The maximum absolute atomic E-state index is 6.93. The Balaban J connectivity index is 1.70. The van der Waals surface area contributed by atoms with Gasteiger partial charge in [0, 0.05) is 36.9 Å². The van der Waals surface area contributed by atoms with Crippen molar-refractivity contribution in [2.75, 3.05) is 37.2 Å². The first kappa shape index (κ1) is 24.8. The predicted octanol–water partition coefficient (Wildman–Crippen LogP) is 7.12. The van der Waals surface area contributed by atoms with Crippen molar-refractivity contribution in [2.24, 2.45) is 0 Å². The van der Waals surface area contributed by atoms with E-state index < -0.39 is 0 Å². The van der Waals surface area contributed by atoms with E-state index in [1.54, 1.807) is 0 Å². The summed E-state index contributed by atoms with van der Waals surface area (Å²) < 4.78 is 0. The summed E-state index contributed by atoms with van der Waals surface area (Å²) in [6.45, 7) is 14.5. The van der Waals surface area contributed by atoms with E-state index in [-0.39, 0.29) is 0 Å². The molecule has 0 N–H and O–H groups in total. The van der Waals surface area contributed by atoms with Crippen LogP contribution in [0.15, 0.2) is 46.0 Å². The van der Waals surface area contributed by atoms with Gasteiger partial charge >= 0.3 is 0 Å². The van der Waals surface area contributed by atoms with Crippen LogP contribution in [-0.4, -0.2) is 37.2 Å². The Hall–Kier alpha value is -2.30. The molecular formula is C28H36Cl2N4. The van der Waals surface area contributed by atoms with E-state index >= 15 is 0 Å². The Morgan fingerprint density at radius 1 is 0.647 bits per heavy atom. The number of anilines is 2. The van der Waals surface area contributed by atoms with E-state index in [0.717, 1.165) is 25.2 Å². The minimum absolute atomic E-state index is 0.582. The van der Waals surface area contributed by atoms with Crippen LogP contribution >= 0.6 is 23.2 Å². The van der Waals surface area contributed by atoms with Gasteiger partial charge in [0.05, 0.1) is 6.67 Å². The largest absolute Gasteiger partial charge is 0.359 e. The first-order valence-corrected chi connectivity index (χ1v) is 12.7. The smallest absolute Gasteiger partial charge is 0.146 e. The molecule has 2 aliphatic rings. The molecule has 6 heteroatoms. The van der Waals surface area contributed by atoms with Gasteiger partial charge in [-0.2, -0.15) is 0 Å². The summed E-state index contributed by atoms with van der Waals surface area (Å²) in [7, 11) is 4.33. The van der Waals surface area contributed by atoms with Gasteiger partial charge in [0.25, 0.3) is 0 Å². The maximum atomic E-state index is 6.93. The molecular weight excluding hydrogens is 463 g/mol. The second kappa shape index (κ2) is 9.39. The van der Waals surface area contributed by atoms with E-state index in [1.807, 2.05) is 0 Å². The SMILES string of the molecule is CC1=C(CCc2cc(C)cc(C)c2N2CN(c3c(C)cc(C)cc3C)C(Cl)=C2Cl)N(C)CN1C. The van der Waals surface area contributed by atoms with Gasteiger partial charge in [-0.25, -0.2) is 0 Å². The molecule has 2 heterocycles. The minimum Gasteiger partial charge on any atom is -0.359 e. The summed E-state index contributed by atoms with van der Waals surface area (Å²) in [6, 6.07) is 8.95. The molecule has 0 aromatic heterocycles. The third kappa shape index (κ3) is 4.38. The van der Waals surface area contributed by atoms with Gasteiger partial charge in [-0.3, -0.25) is 0 Å². The number of allylic oxidation sites excluding steroid dienone is 2. The second-order valence-corrected chi connectivity index (χ2v) is 10.7. The minimum atomic E-state index is 0.582. The highest BCUT2D eigenvalue weighted by atomic mass is 35.5. The summed E-state index contributed by atoms with van der Waals surface area (Å²) >= 11 is 13.8. The van der Waals surface area contributed by atoms with Crippen LogP contribution in [0.1, 0.15) is 46.7 Å². The van der Waals surface area contributed by atoms with E-state index in [0.29, 0.717) is 17.0 Å². The Labute approximate surface area is 215 Å². The fraction of sp³-hybridized carbons (Fsp3) is 0.429. The quantitative estimate of drug-likeness (QED) is 0.406. The van der Waals surface area contributed by atoms with Crippen molar-refractivity contribution in [1.82, 2.24) is 9.80 Å². The van der Waals surface area contributed by atoms with Crippen molar-refractivity contribution in [3.63, 3.8) is 0 Å². The molecule has 4 rings (SSSR count). The topological polar surface area (TPSA) is 13.0 Å². The molecule has 2 aliphatic heterocycles. The Bertz CT molecular complexity index is 1170. The summed E-state index contributed by atoms with van der Waals surface area (Å²) in [6.07, 6.45) is 1.94.